The number of halogens is 1. The maximum atomic E-state index is 6.20. The van der Waals surface area contributed by atoms with Crippen molar-refractivity contribution in [1.82, 2.24) is 5.32 Å². The molecule has 0 amide bonds. The van der Waals surface area contributed by atoms with Crippen LogP contribution in [0.1, 0.15) is 45.1 Å². The summed E-state index contributed by atoms with van der Waals surface area (Å²) in [4.78, 5) is 0. The summed E-state index contributed by atoms with van der Waals surface area (Å²) >= 11 is 6.20. The van der Waals surface area contributed by atoms with Gasteiger partial charge in [0.05, 0.1) is 0 Å². The van der Waals surface area contributed by atoms with Crippen molar-refractivity contribution in [2.24, 2.45) is 5.92 Å². The molecule has 0 bridgehead atoms. The van der Waals surface area contributed by atoms with E-state index in [4.69, 9.17) is 11.6 Å². The topological polar surface area (TPSA) is 12.0 Å². The summed E-state index contributed by atoms with van der Waals surface area (Å²) in [6, 6.07) is 9.27. The van der Waals surface area contributed by atoms with Crippen molar-refractivity contribution >= 4 is 11.6 Å². The molecule has 1 aromatic carbocycles. The van der Waals surface area contributed by atoms with Crippen molar-refractivity contribution in [2.75, 3.05) is 0 Å². The fourth-order valence-corrected chi connectivity index (χ4v) is 3.31. The minimum Gasteiger partial charge on any atom is -0.311 e. The van der Waals surface area contributed by atoms with Gasteiger partial charge in [-0.05, 0) is 50.7 Å². The van der Waals surface area contributed by atoms with Gasteiger partial charge in [0.1, 0.15) is 0 Å². The molecule has 0 spiro atoms. The lowest BCUT2D eigenvalue weighted by atomic mass is 9.98. The van der Waals surface area contributed by atoms with Crippen molar-refractivity contribution in [1.29, 1.82) is 0 Å². The van der Waals surface area contributed by atoms with Crippen molar-refractivity contribution in [3.63, 3.8) is 0 Å². The lowest BCUT2D eigenvalue weighted by Gasteiger charge is -2.25. The van der Waals surface area contributed by atoms with Crippen LogP contribution in [0.25, 0.3) is 0 Å². The molecule has 2 atom stereocenters. The molecule has 1 fully saturated rings. The van der Waals surface area contributed by atoms with Crippen LogP contribution in [0, 0.1) is 5.92 Å². The molecule has 2 unspecified atom stereocenters. The van der Waals surface area contributed by atoms with Crippen molar-refractivity contribution in [3.8, 4) is 0 Å². The molecule has 2 heteroatoms. The Morgan fingerprint density at radius 1 is 1.22 bits per heavy atom. The molecule has 1 saturated carbocycles. The Morgan fingerprint density at radius 2 is 1.89 bits per heavy atom. The molecular weight excluding hydrogens is 242 g/mol. The highest BCUT2D eigenvalue weighted by molar-refractivity contribution is 6.31. The molecule has 100 valence electrons. The molecule has 2 rings (SSSR count). The van der Waals surface area contributed by atoms with Crippen LogP contribution in [0.4, 0.5) is 0 Å². The van der Waals surface area contributed by atoms with E-state index in [0.29, 0.717) is 12.1 Å². The highest BCUT2D eigenvalue weighted by atomic mass is 35.5. The van der Waals surface area contributed by atoms with E-state index in [1.165, 1.54) is 31.2 Å². The SMILES string of the molecule is CC(Cc1ccccc1Cl)NC(C)C1CCCC1. The van der Waals surface area contributed by atoms with Crippen LogP contribution in [-0.2, 0) is 6.42 Å². The normalized spacial score (nSPS) is 19.9. The first-order valence-electron chi connectivity index (χ1n) is 7.16. The Hall–Kier alpha value is -0.530. The smallest absolute Gasteiger partial charge is 0.0438 e. The minimum absolute atomic E-state index is 0.487. The van der Waals surface area contributed by atoms with Crippen molar-refractivity contribution in [3.05, 3.63) is 34.9 Å². The monoisotopic (exact) mass is 265 g/mol. The molecule has 0 heterocycles. The average molecular weight is 266 g/mol. The Kier molecular flexibility index (Phi) is 5.08. The standard InChI is InChI=1S/C16H24ClN/c1-12(11-15-9-5-6-10-16(15)17)18-13(2)14-7-3-4-8-14/h5-6,9-10,12-14,18H,3-4,7-8,11H2,1-2H3. The summed E-state index contributed by atoms with van der Waals surface area (Å²) < 4.78 is 0. The van der Waals surface area contributed by atoms with Crippen LogP contribution in [0.2, 0.25) is 5.02 Å². The second kappa shape index (κ2) is 6.58. The van der Waals surface area contributed by atoms with E-state index in [1.54, 1.807) is 0 Å². The van der Waals surface area contributed by atoms with E-state index in [1.807, 2.05) is 12.1 Å². The zero-order chi connectivity index (χ0) is 13.0. The van der Waals surface area contributed by atoms with E-state index in [9.17, 15) is 0 Å². The van der Waals surface area contributed by atoms with Gasteiger partial charge in [0.2, 0.25) is 0 Å². The van der Waals surface area contributed by atoms with Gasteiger partial charge in [-0.1, -0.05) is 42.6 Å². The third-order valence-corrected chi connectivity index (χ3v) is 4.51. The lowest BCUT2D eigenvalue weighted by Crippen LogP contribution is -2.39. The average Bonchev–Trinajstić information content (AvgIpc) is 2.85. The quantitative estimate of drug-likeness (QED) is 0.830. The predicted octanol–water partition coefficient (Wildman–Crippen LogP) is 4.44. The zero-order valence-electron chi connectivity index (χ0n) is 11.5. The van der Waals surface area contributed by atoms with Crippen LogP contribution in [0.5, 0.6) is 0 Å². The minimum atomic E-state index is 0.487. The van der Waals surface area contributed by atoms with E-state index in [2.05, 4.69) is 31.3 Å². The highest BCUT2D eigenvalue weighted by Crippen LogP contribution is 2.28. The first kappa shape index (κ1) is 13.9. The summed E-state index contributed by atoms with van der Waals surface area (Å²) in [6.07, 6.45) is 6.63. The maximum absolute atomic E-state index is 6.20. The first-order chi connectivity index (χ1) is 8.66. The molecule has 0 radical (unpaired) electrons. The van der Waals surface area contributed by atoms with Gasteiger partial charge in [0, 0.05) is 17.1 Å². The number of nitrogens with one attached hydrogen (secondary N) is 1. The van der Waals surface area contributed by atoms with Gasteiger partial charge >= 0.3 is 0 Å². The number of benzene rings is 1. The molecule has 1 nitrogen and oxygen atoms in total. The molecule has 1 aliphatic rings. The lowest BCUT2D eigenvalue weighted by molar-refractivity contribution is 0.348. The summed E-state index contributed by atoms with van der Waals surface area (Å²) in [5, 5.41) is 4.63. The number of hydrogen-bond acceptors (Lipinski definition) is 1. The van der Waals surface area contributed by atoms with Crippen molar-refractivity contribution < 1.29 is 0 Å². The fraction of sp³-hybridized carbons (Fsp3) is 0.625. The van der Waals surface area contributed by atoms with Crippen molar-refractivity contribution in [2.45, 2.75) is 58.0 Å². The highest BCUT2D eigenvalue weighted by Gasteiger charge is 2.22. The van der Waals surface area contributed by atoms with Gasteiger partial charge in [0.15, 0.2) is 0 Å². The van der Waals surface area contributed by atoms with Gasteiger partial charge in [-0.15, -0.1) is 0 Å². The van der Waals surface area contributed by atoms with Crippen LogP contribution in [-0.4, -0.2) is 12.1 Å². The van der Waals surface area contributed by atoms with E-state index < -0.39 is 0 Å². The molecule has 0 aliphatic heterocycles. The molecule has 18 heavy (non-hydrogen) atoms. The van der Waals surface area contributed by atoms with Gasteiger partial charge in [0.25, 0.3) is 0 Å². The number of rotatable bonds is 5. The maximum Gasteiger partial charge on any atom is 0.0438 e. The van der Waals surface area contributed by atoms with Gasteiger partial charge < -0.3 is 5.32 Å². The third kappa shape index (κ3) is 3.73. The summed E-state index contributed by atoms with van der Waals surface area (Å²) in [5.74, 6) is 0.874. The Bertz CT molecular complexity index is 371. The summed E-state index contributed by atoms with van der Waals surface area (Å²) in [6.45, 7) is 4.59. The Morgan fingerprint density at radius 3 is 2.56 bits per heavy atom. The molecule has 1 aliphatic carbocycles. The fourth-order valence-electron chi connectivity index (χ4n) is 3.09. The molecule has 1 N–H and O–H groups in total. The zero-order valence-corrected chi connectivity index (χ0v) is 12.2. The molecular formula is C16H24ClN. The summed E-state index contributed by atoms with van der Waals surface area (Å²) in [5.41, 5.74) is 1.25. The molecule has 1 aromatic rings. The first-order valence-corrected chi connectivity index (χ1v) is 7.54. The molecule has 0 saturated heterocycles. The Labute approximate surface area is 116 Å². The van der Waals surface area contributed by atoms with Crippen LogP contribution < -0.4 is 5.32 Å². The van der Waals surface area contributed by atoms with Gasteiger partial charge in [-0.3, -0.25) is 0 Å². The van der Waals surface area contributed by atoms with E-state index >= 15 is 0 Å². The number of hydrogen-bond donors (Lipinski definition) is 1. The van der Waals surface area contributed by atoms with Crippen LogP contribution in [0.3, 0.4) is 0 Å². The van der Waals surface area contributed by atoms with Crippen LogP contribution >= 0.6 is 11.6 Å². The second-order valence-electron chi connectivity index (χ2n) is 5.70. The van der Waals surface area contributed by atoms with E-state index in [-0.39, 0.29) is 0 Å². The summed E-state index contributed by atoms with van der Waals surface area (Å²) in [7, 11) is 0. The van der Waals surface area contributed by atoms with E-state index in [0.717, 1.165) is 17.4 Å². The predicted molar refractivity (Wildman–Crippen MR) is 79.2 cm³/mol. The largest absolute Gasteiger partial charge is 0.311 e. The van der Waals surface area contributed by atoms with Gasteiger partial charge in [-0.25, -0.2) is 0 Å². The Balaban J connectivity index is 1.84. The molecule has 0 aromatic heterocycles. The second-order valence-corrected chi connectivity index (χ2v) is 6.10. The van der Waals surface area contributed by atoms with Crippen LogP contribution in [0.15, 0.2) is 24.3 Å². The third-order valence-electron chi connectivity index (χ3n) is 4.14. The van der Waals surface area contributed by atoms with Gasteiger partial charge in [-0.2, -0.15) is 0 Å².